The molecule has 2 aliphatic heterocycles. The van der Waals surface area contributed by atoms with E-state index in [1.165, 1.54) is 6.92 Å². The van der Waals surface area contributed by atoms with E-state index in [-0.39, 0.29) is 30.7 Å². The number of rotatable bonds is 6. The maximum absolute atomic E-state index is 11.9. The number of allylic oxidation sites excluding steroid dienone is 1. The van der Waals surface area contributed by atoms with Crippen molar-refractivity contribution >= 4 is 28.4 Å². The zero-order valence-electron chi connectivity index (χ0n) is 19.1. The second kappa shape index (κ2) is 8.09. The first-order valence-electron chi connectivity index (χ1n) is 10.7. The summed E-state index contributed by atoms with van der Waals surface area (Å²) in [4.78, 5) is 25.5. The van der Waals surface area contributed by atoms with Crippen LogP contribution in [-0.2, 0) is 14.3 Å². The number of Topliss-reactive ketones (excluding diaryl/α,β-unsaturated/α-hetero) is 1. The van der Waals surface area contributed by atoms with Gasteiger partial charge in [0.1, 0.15) is 17.0 Å². The molecule has 2 unspecified atom stereocenters. The molecule has 0 amide bonds. The van der Waals surface area contributed by atoms with Crippen LogP contribution in [0.25, 0.3) is 16.6 Å². The molecule has 1 aromatic heterocycles. The predicted octanol–water partition coefficient (Wildman–Crippen LogP) is 3.78. The summed E-state index contributed by atoms with van der Waals surface area (Å²) in [6.07, 6.45) is 3.73. The van der Waals surface area contributed by atoms with Crippen LogP contribution in [0, 0.1) is 0 Å². The van der Waals surface area contributed by atoms with Crippen molar-refractivity contribution in [2.24, 2.45) is 0 Å². The Morgan fingerprint density at radius 3 is 2.72 bits per heavy atom. The summed E-state index contributed by atoms with van der Waals surface area (Å²) in [5, 5.41) is 15.3. The van der Waals surface area contributed by atoms with Crippen LogP contribution >= 0.6 is 0 Å². The monoisotopic (exact) mass is 439 g/mol. The molecule has 2 atom stereocenters. The number of fused-ring (bicyclic) bond motifs is 5. The van der Waals surface area contributed by atoms with Gasteiger partial charge in [0.25, 0.3) is 0 Å². The van der Waals surface area contributed by atoms with Gasteiger partial charge in [-0.25, -0.2) is 0 Å². The third-order valence-corrected chi connectivity index (χ3v) is 6.20. The maximum Gasteiger partial charge on any atom is 0.307 e. The van der Waals surface area contributed by atoms with Gasteiger partial charge in [-0.2, -0.15) is 5.10 Å². The summed E-state index contributed by atoms with van der Waals surface area (Å²) in [5.41, 5.74) is 2.64. The Morgan fingerprint density at radius 1 is 1.34 bits per heavy atom. The lowest BCUT2D eigenvalue weighted by Gasteiger charge is -2.43. The summed E-state index contributed by atoms with van der Waals surface area (Å²) < 4.78 is 13.8. The number of nitrogens with zero attached hydrogens (tertiary/aromatic N) is 3. The average molecular weight is 440 g/mol. The van der Waals surface area contributed by atoms with E-state index in [0.717, 1.165) is 22.3 Å². The summed E-state index contributed by atoms with van der Waals surface area (Å²) in [6.45, 7) is 7.96. The fourth-order valence-electron chi connectivity index (χ4n) is 4.99. The molecule has 2 aromatic rings. The van der Waals surface area contributed by atoms with Crippen LogP contribution in [0.15, 0.2) is 36.0 Å². The number of carboxylic acid groups (broad SMARTS) is 1. The molecule has 32 heavy (non-hydrogen) atoms. The largest absolute Gasteiger partial charge is 0.494 e. The Kier molecular flexibility index (Phi) is 5.58. The van der Waals surface area contributed by atoms with E-state index in [1.54, 1.807) is 7.11 Å². The van der Waals surface area contributed by atoms with Gasteiger partial charge < -0.3 is 19.5 Å². The minimum atomic E-state index is -0.963. The van der Waals surface area contributed by atoms with E-state index >= 15 is 0 Å². The molecule has 170 valence electrons. The molecule has 1 saturated heterocycles. The smallest absolute Gasteiger partial charge is 0.307 e. The van der Waals surface area contributed by atoms with E-state index in [1.807, 2.05) is 55.9 Å². The summed E-state index contributed by atoms with van der Waals surface area (Å²) in [5.74, 6) is -0.342. The average Bonchev–Trinajstić information content (AvgIpc) is 3.24. The quantitative estimate of drug-likeness (QED) is 0.732. The van der Waals surface area contributed by atoms with Crippen molar-refractivity contribution in [1.82, 2.24) is 14.7 Å². The molecule has 4 rings (SSSR count). The molecular weight excluding hydrogens is 410 g/mol. The number of methoxy groups -OCH3 is 1. The van der Waals surface area contributed by atoms with Crippen LogP contribution in [0.3, 0.4) is 0 Å². The second-order valence-electron chi connectivity index (χ2n) is 8.89. The number of hydrogen-bond donors (Lipinski definition) is 1. The lowest BCUT2D eigenvalue weighted by atomic mass is 9.90. The van der Waals surface area contributed by atoms with Gasteiger partial charge in [0.05, 0.1) is 49.2 Å². The van der Waals surface area contributed by atoms with Crippen LogP contribution in [0.5, 0.6) is 5.75 Å². The lowest BCUT2D eigenvalue weighted by Crippen LogP contribution is -2.50. The number of aromatic nitrogens is 2. The van der Waals surface area contributed by atoms with Crippen LogP contribution in [0.2, 0.25) is 0 Å². The maximum atomic E-state index is 11.9. The topological polar surface area (TPSA) is 93.9 Å². The third kappa shape index (κ3) is 3.58. The highest BCUT2D eigenvalue weighted by atomic mass is 16.5. The fourth-order valence-corrected chi connectivity index (χ4v) is 4.99. The number of aliphatic carboxylic acids is 1. The van der Waals surface area contributed by atoms with Gasteiger partial charge >= 0.3 is 5.97 Å². The standard InChI is InChI=1S/C24H29N3O5/c1-6-17-22-16-8-7-9-19(31-5)21(16)25-27(22)18-13-32-24(3,4)23(18)26(17)12-15(10-14(2)28)11-20(29)30/h6-9,12,18,23H,10-11,13H2,1-5H3,(H,29,30)/b15-12+,17-6-. The minimum Gasteiger partial charge on any atom is -0.494 e. The number of benzene rings is 1. The Balaban J connectivity index is 1.96. The van der Waals surface area contributed by atoms with Crippen LogP contribution < -0.4 is 4.74 Å². The van der Waals surface area contributed by atoms with Crippen molar-refractivity contribution in [2.75, 3.05) is 13.7 Å². The van der Waals surface area contributed by atoms with Gasteiger partial charge in [0, 0.05) is 18.0 Å². The van der Waals surface area contributed by atoms with Crippen LogP contribution in [-0.4, -0.2) is 56.9 Å². The Morgan fingerprint density at radius 2 is 2.09 bits per heavy atom. The highest BCUT2D eigenvalue weighted by Gasteiger charge is 2.52. The molecule has 2 aliphatic rings. The molecule has 1 aromatic carbocycles. The van der Waals surface area contributed by atoms with Crippen molar-refractivity contribution in [3.63, 3.8) is 0 Å². The first kappa shape index (κ1) is 22.1. The van der Waals surface area contributed by atoms with Crippen molar-refractivity contribution < 1.29 is 24.2 Å². The van der Waals surface area contributed by atoms with Gasteiger partial charge in [0.2, 0.25) is 0 Å². The van der Waals surface area contributed by atoms with Gasteiger partial charge in [0.15, 0.2) is 0 Å². The Bertz CT molecular complexity index is 1130. The van der Waals surface area contributed by atoms with E-state index in [0.29, 0.717) is 17.9 Å². The summed E-state index contributed by atoms with van der Waals surface area (Å²) in [7, 11) is 1.63. The molecule has 8 heteroatoms. The predicted molar refractivity (Wildman–Crippen MR) is 120 cm³/mol. The van der Waals surface area contributed by atoms with Crippen LogP contribution in [0.4, 0.5) is 0 Å². The molecular formula is C24H29N3O5. The molecule has 1 fully saturated rings. The van der Waals surface area contributed by atoms with Crippen molar-refractivity contribution in [3.05, 3.63) is 41.7 Å². The van der Waals surface area contributed by atoms with E-state index < -0.39 is 11.6 Å². The minimum absolute atomic E-state index is 0.0738. The molecule has 8 nitrogen and oxygen atoms in total. The van der Waals surface area contributed by atoms with Crippen molar-refractivity contribution in [3.8, 4) is 5.75 Å². The lowest BCUT2D eigenvalue weighted by molar-refractivity contribution is -0.136. The Hall–Kier alpha value is -3.13. The molecule has 0 radical (unpaired) electrons. The number of carbonyl (C=O) groups excluding carboxylic acids is 1. The van der Waals surface area contributed by atoms with E-state index in [9.17, 15) is 14.7 Å². The van der Waals surface area contributed by atoms with Crippen LogP contribution in [0.1, 0.15) is 52.3 Å². The normalized spacial score (nSPS) is 23.3. The molecule has 0 spiro atoms. The molecule has 0 saturated carbocycles. The molecule has 0 bridgehead atoms. The van der Waals surface area contributed by atoms with Gasteiger partial charge in [-0.15, -0.1) is 0 Å². The number of ether oxygens (including phenoxy) is 2. The zero-order valence-corrected chi connectivity index (χ0v) is 19.1. The summed E-state index contributed by atoms with van der Waals surface area (Å²) >= 11 is 0. The highest BCUT2D eigenvalue weighted by molar-refractivity contribution is 5.94. The molecule has 3 heterocycles. The number of ketones is 1. The van der Waals surface area contributed by atoms with Gasteiger partial charge in [-0.05, 0) is 39.3 Å². The third-order valence-electron chi connectivity index (χ3n) is 6.20. The number of carbonyl (C=O) groups is 2. The van der Waals surface area contributed by atoms with E-state index in [4.69, 9.17) is 14.6 Å². The molecule has 0 aliphatic carbocycles. The van der Waals surface area contributed by atoms with Gasteiger partial charge in [-0.3, -0.25) is 14.3 Å². The number of carboxylic acids is 1. The first-order chi connectivity index (χ1) is 15.2. The SMILES string of the molecule is C/C=C1/c2c3cccc(OC)c3nn2C2COC(C)(C)C2N1/C=C(\CC(C)=O)CC(=O)O. The molecule has 1 N–H and O–H groups in total. The first-order valence-corrected chi connectivity index (χ1v) is 10.7. The fraction of sp³-hybridized carbons (Fsp3) is 0.458. The number of hydrogen-bond acceptors (Lipinski definition) is 6. The Labute approximate surface area is 187 Å². The van der Waals surface area contributed by atoms with Crippen molar-refractivity contribution in [1.29, 1.82) is 0 Å². The second-order valence-corrected chi connectivity index (χ2v) is 8.89. The van der Waals surface area contributed by atoms with E-state index in [2.05, 4.69) is 4.90 Å². The van der Waals surface area contributed by atoms with Gasteiger partial charge in [-0.1, -0.05) is 18.2 Å². The highest BCUT2D eigenvalue weighted by Crippen LogP contribution is 2.48. The van der Waals surface area contributed by atoms with Crippen molar-refractivity contribution in [2.45, 2.75) is 58.2 Å². The summed E-state index contributed by atoms with van der Waals surface area (Å²) in [6, 6.07) is 5.62. The zero-order chi connectivity index (χ0) is 23.2.